The van der Waals surface area contributed by atoms with Crippen LogP contribution in [0.5, 0.6) is 5.75 Å². The first-order chi connectivity index (χ1) is 12.9. The van der Waals surface area contributed by atoms with E-state index in [1.165, 1.54) is 19.2 Å². The first-order valence-corrected chi connectivity index (χ1v) is 10.1. The zero-order valence-electron chi connectivity index (χ0n) is 15.5. The van der Waals surface area contributed by atoms with Gasteiger partial charge in [-0.25, -0.2) is 8.42 Å². The number of benzene rings is 2. The van der Waals surface area contributed by atoms with E-state index in [2.05, 4.69) is 10.0 Å². The number of para-hydroxylation sites is 2. The number of aryl methyl sites for hydroxylation is 1. The number of ether oxygens (including phenoxy) is 1. The first kappa shape index (κ1) is 20.7. The molecule has 0 fully saturated rings. The molecule has 8 heteroatoms. The molecule has 4 N–H and O–H groups in total. The van der Waals surface area contributed by atoms with Gasteiger partial charge < -0.3 is 15.8 Å². The highest BCUT2D eigenvalue weighted by Crippen LogP contribution is 2.26. The fourth-order valence-corrected chi connectivity index (χ4v) is 3.61. The van der Waals surface area contributed by atoms with Crippen LogP contribution in [0.25, 0.3) is 0 Å². The van der Waals surface area contributed by atoms with E-state index in [0.29, 0.717) is 35.7 Å². The van der Waals surface area contributed by atoms with Gasteiger partial charge in [0, 0.05) is 12.1 Å². The Morgan fingerprint density at radius 1 is 1.15 bits per heavy atom. The number of carbonyl (C=O) groups is 1. The Kier molecular flexibility index (Phi) is 7.20. The molecule has 2 rings (SSSR count). The van der Waals surface area contributed by atoms with Crippen molar-refractivity contribution >= 4 is 21.6 Å². The summed E-state index contributed by atoms with van der Waals surface area (Å²) >= 11 is 0. The van der Waals surface area contributed by atoms with Crippen LogP contribution in [0, 0.1) is 6.92 Å². The molecular weight excluding hydrogens is 366 g/mol. The smallest absolute Gasteiger partial charge is 0.262 e. The monoisotopic (exact) mass is 391 g/mol. The lowest BCUT2D eigenvalue weighted by molar-refractivity contribution is 0.0952. The second kappa shape index (κ2) is 9.38. The quantitative estimate of drug-likeness (QED) is 0.568. The van der Waals surface area contributed by atoms with Gasteiger partial charge in [-0.15, -0.1) is 0 Å². The maximum atomic E-state index is 12.7. The standard InChI is InChI=1S/C19H25N3O4S/c1-14-9-10-15(13-16(14)19(23)21-12-6-5-11-20)27(24,25)22-17-7-3-4-8-18(17)26-2/h3-4,7-10,13,22H,5-6,11-12,20H2,1-2H3,(H,21,23). The molecule has 0 saturated heterocycles. The Balaban J connectivity index is 2.23. The van der Waals surface area contributed by atoms with E-state index in [-0.39, 0.29) is 10.8 Å². The van der Waals surface area contributed by atoms with E-state index in [0.717, 1.165) is 12.8 Å². The van der Waals surface area contributed by atoms with E-state index in [1.54, 1.807) is 37.3 Å². The highest BCUT2D eigenvalue weighted by Gasteiger charge is 2.19. The summed E-state index contributed by atoms with van der Waals surface area (Å²) in [5, 5.41) is 2.79. The van der Waals surface area contributed by atoms with Gasteiger partial charge in [0.25, 0.3) is 15.9 Å². The van der Waals surface area contributed by atoms with Gasteiger partial charge in [-0.3, -0.25) is 9.52 Å². The van der Waals surface area contributed by atoms with Gasteiger partial charge in [-0.1, -0.05) is 18.2 Å². The molecule has 0 radical (unpaired) electrons. The number of nitrogens with two attached hydrogens (primary N) is 1. The molecule has 0 atom stereocenters. The van der Waals surface area contributed by atoms with Gasteiger partial charge in [0.2, 0.25) is 0 Å². The predicted molar refractivity (Wildman–Crippen MR) is 106 cm³/mol. The Morgan fingerprint density at radius 3 is 2.59 bits per heavy atom. The maximum Gasteiger partial charge on any atom is 0.262 e. The van der Waals surface area contributed by atoms with Crippen molar-refractivity contribution < 1.29 is 17.9 Å². The third kappa shape index (κ3) is 5.45. The normalized spacial score (nSPS) is 11.1. The van der Waals surface area contributed by atoms with Crippen LogP contribution in [0.15, 0.2) is 47.4 Å². The van der Waals surface area contributed by atoms with E-state index < -0.39 is 10.0 Å². The third-order valence-corrected chi connectivity index (χ3v) is 5.39. The van der Waals surface area contributed by atoms with E-state index in [4.69, 9.17) is 10.5 Å². The minimum Gasteiger partial charge on any atom is -0.495 e. The van der Waals surface area contributed by atoms with Crippen LogP contribution >= 0.6 is 0 Å². The second-order valence-corrected chi connectivity index (χ2v) is 7.72. The number of nitrogens with one attached hydrogen (secondary N) is 2. The summed E-state index contributed by atoms with van der Waals surface area (Å²) in [4.78, 5) is 12.4. The van der Waals surface area contributed by atoms with Gasteiger partial charge >= 0.3 is 0 Å². The molecule has 1 amide bonds. The van der Waals surface area contributed by atoms with Gasteiger partial charge in [0.1, 0.15) is 5.75 Å². The zero-order chi connectivity index (χ0) is 19.9. The topological polar surface area (TPSA) is 111 Å². The molecule has 0 unspecified atom stereocenters. The minimum absolute atomic E-state index is 0.00566. The van der Waals surface area contributed by atoms with Crippen molar-refractivity contribution in [1.82, 2.24) is 5.32 Å². The number of anilines is 1. The fraction of sp³-hybridized carbons (Fsp3) is 0.316. The van der Waals surface area contributed by atoms with Crippen molar-refractivity contribution in [2.45, 2.75) is 24.7 Å². The van der Waals surface area contributed by atoms with Crippen LogP contribution in [0.1, 0.15) is 28.8 Å². The Morgan fingerprint density at radius 2 is 1.89 bits per heavy atom. The number of sulfonamides is 1. The number of hydrogen-bond donors (Lipinski definition) is 3. The van der Waals surface area contributed by atoms with Crippen LogP contribution in [-0.2, 0) is 10.0 Å². The van der Waals surface area contributed by atoms with Crippen LogP contribution in [0.3, 0.4) is 0 Å². The number of unbranched alkanes of at least 4 members (excludes halogenated alkanes) is 1. The molecule has 0 aliphatic rings. The average molecular weight is 391 g/mol. The van der Waals surface area contributed by atoms with E-state index in [9.17, 15) is 13.2 Å². The number of methoxy groups -OCH3 is 1. The molecule has 0 aromatic heterocycles. The summed E-state index contributed by atoms with van der Waals surface area (Å²) in [5.41, 5.74) is 6.79. The molecule has 7 nitrogen and oxygen atoms in total. The Labute approximate surface area is 160 Å². The first-order valence-electron chi connectivity index (χ1n) is 8.64. The van der Waals surface area contributed by atoms with Gasteiger partial charge in [0.05, 0.1) is 17.7 Å². The SMILES string of the molecule is COc1ccccc1NS(=O)(=O)c1ccc(C)c(C(=O)NCCCCN)c1. The lowest BCUT2D eigenvalue weighted by Crippen LogP contribution is -2.26. The van der Waals surface area contributed by atoms with Gasteiger partial charge in [0.15, 0.2) is 0 Å². The molecule has 2 aromatic rings. The number of amides is 1. The predicted octanol–water partition coefficient (Wildman–Crippen LogP) is 2.27. The molecule has 0 spiro atoms. The molecule has 27 heavy (non-hydrogen) atoms. The molecule has 0 aliphatic heterocycles. The van der Waals surface area contributed by atoms with Crippen molar-refractivity contribution in [3.8, 4) is 5.75 Å². The summed E-state index contributed by atoms with van der Waals surface area (Å²) in [6.07, 6.45) is 1.59. The molecule has 0 saturated carbocycles. The van der Waals surface area contributed by atoms with Crippen molar-refractivity contribution in [3.05, 3.63) is 53.6 Å². The summed E-state index contributed by atoms with van der Waals surface area (Å²) in [6.45, 7) is 2.82. The maximum absolute atomic E-state index is 12.7. The van der Waals surface area contributed by atoms with Crippen molar-refractivity contribution in [2.75, 3.05) is 24.9 Å². The fourth-order valence-electron chi connectivity index (χ4n) is 2.51. The van der Waals surface area contributed by atoms with Crippen molar-refractivity contribution in [2.24, 2.45) is 5.73 Å². The average Bonchev–Trinajstić information content (AvgIpc) is 2.65. The molecular formula is C19H25N3O4S. The van der Waals surface area contributed by atoms with E-state index >= 15 is 0 Å². The molecule has 146 valence electrons. The third-order valence-electron chi connectivity index (χ3n) is 4.03. The van der Waals surface area contributed by atoms with Gasteiger partial charge in [-0.2, -0.15) is 0 Å². The van der Waals surface area contributed by atoms with Gasteiger partial charge in [-0.05, 0) is 56.1 Å². The van der Waals surface area contributed by atoms with Crippen LogP contribution in [-0.4, -0.2) is 34.5 Å². The second-order valence-electron chi connectivity index (χ2n) is 6.03. The van der Waals surface area contributed by atoms with Crippen molar-refractivity contribution in [1.29, 1.82) is 0 Å². The Bertz CT molecular complexity index is 898. The Hall–Kier alpha value is -2.58. The lowest BCUT2D eigenvalue weighted by atomic mass is 10.1. The lowest BCUT2D eigenvalue weighted by Gasteiger charge is -2.13. The highest BCUT2D eigenvalue weighted by atomic mass is 32.2. The summed E-state index contributed by atoms with van der Waals surface area (Å²) < 4.78 is 33.2. The van der Waals surface area contributed by atoms with Crippen molar-refractivity contribution in [3.63, 3.8) is 0 Å². The molecule has 0 aliphatic carbocycles. The van der Waals surface area contributed by atoms with Crippen LogP contribution in [0.4, 0.5) is 5.69 Å². The number of hydrogen-bond acceptors (Lipinski definition) is 5. The largest absolute Gasteiger partial charge is 0.495 e. The molecule has 2 aromatic carbocycles. The molecule has 0 bridgehead atoms. The van der Waals surface area contributed by atoms with Crippen LogP contribution in [0.2, 0.25) is 0 Å². The number of rotatable bonds is 9. The highest BCUT2D eigenvalue weighted by molar-refractivity contribution is 7.92. The summed E-state index contributed by atoms with van der Waals surface area (Å²) in [7, 11) is -2.41. The summed E-state index contributed by atoms with van der Waals surface area (Å²) in [5.74, 6) is 0.102. The number of carbonyl (C=O) groups excluding carboxylic acids is 1. The minimum atomic E-state index is -3.87. The van der Waals surface area contributed by atoms with E-state index in [1.807, 2.05) is 0 Å². The summed E-state index contributed by atoms with van der Waals surface area (Å²) in [6, 6.07) is 11.2. The van der Waals surface area contributed by atoms with Crippen LogP contribution < -0.4 is 20.5 Å². The molecule has 0 heterocycles. The zero-order valence-corrected chi connectivity index (χ0v) is 16.3.